The first-order valence-electron chi connectivity index (χ1n) is 9.84. The third-order valence-electron chi connectivity index (χ3n) is 5.37. The molecule has 6 nitrogen and oxygen atoms in total. The highest BCUT2D eigenvalue weighted by Gasteiger charge is 2.42. The van der Waals surface area contributed by atoms with Gasteiger partial charge >= 0.3 is 0 Å². The summed E-state index contributed by atoms with van der Waals surface area (Å²) < 4.78 is 33.9. The number of aryl methyl sites for hydroxylation is 1. The van der Waals surface area contributed by atoms with E-state index < -0.39 is 15.6 Å². The van der Waals surface area contributed by atoms with Crippen LogP contribution in [0.5, 0.6) is 0 Å². The monoisotopic (exact) mass is 416 g/mol. The molecule has 1 atom stereocenters. The van der Waals surface area contributed by atoms with Crippen molar-refractivity contribution in [3.8, 4) is 0 Å². The predicted molar refractivity (Wildman–Crippen MR) is 112 cm³/mol. The molecule has 156 valence electrons. The minimum atomic E-state index is -3.68. The molecule has 1 N–H and O–H groups in total. The fourth-order valence-corrected chi connectivity index (χ4v) is 5.19. The van der Waals surface area contributed by atoms with Crippen molar-refractivity contribution in [2.45, 2.75) is 36.1 Å². The average molecular weight is 417 g/mol. The zero-order valence-electron chi connectivity index (χ0n) is 16.7. The van der Waals surface area contributed by atoms with Crippen LogP contribution in [0.15, 0.2) is 65.6 Å². The summed E-state index contributed by atoms with van der Waals surface area (Å²) in [6.07, 6.45) is 2.17. The summed E-state index contributed by atoms with van der Waals surface area (Å²) >= 11 is 0. The Bertz CT molecular complexity index is 903. The number of hydrogen-bond acceptors (Lipinski definition) is 4. The molecule has 7 heteroatoms. The lowest BCUT2D eigenvalue weighted by Gasteiger charge is -2.30. The van der Waals surface area contributed by atoms with Crippen molar-refractivity contribution in [1.29, 1.82) is 0 Å². The minimum Gasteiger partial charge on any atom is -0.385 e. The number of ether oxygens (including phenoxy) is 1. The molecule has 0 bridgehead atoms. The van der Waals surface area contributed by atoms with Gasteiger partial charge in [-0.05, 0) is 37.0 Å². The summed E-state index contributed by atoms with van der Waals surface area (Å²) in [7, 11) is -2.09. The molecule has 3 rings (SSSR count). The molecule has 1 fully saturated rings. The fraction of sp³-hybridized carbons (Fsp3) is 0.409. The van der Waals surface area contributed by atoms with Crippen LogP contribution in [-0.4, -0.2) is 51.6 Å². The van der Waals surface area contributed by atoms with Gasteiger partial charge in [0.25, 0.3) is 0 Å². The molecule has 0 radical (unpaired) electrons. The van der Waals surface area contributed by atoms with Gasteiger partial charge in [0, 0.05) is 33.2 Å². The Morgan fingerprint density at radius 1 is 1.10 bits per heavy atom. The summed E-state index contributed by atoms with van der Waals surface area (Å²) in [5.74, 6) is 0.0482. The van der Waals surface area contributed by atoms with Gasteiger partial charge in [0.1, 0.15) is 0 Å². The second-order valence-corrected chi connectivity index (χ2v) is 9.17. The number of methoxy groups -OCH3 is 1. The number of carbonyl (C=O) groups excluding carboxylic acids is 1. The predicted octanol–water partition coefficient (Wildman–Crippen LogP) is 2.61. The van der Waals surface area contributed by atoms with Gasteiger partial charge in [-0.15, -0.1) is 0 Å². The van der Waals surface area contributed by atoms with E-state index in [1.165, 1.54) is 0 Å². The Morgan fingerprint density at radius 2 is 1.76 bits per heavy atom. The Balaban J connectivity index is 1.68. The van der Waals surface area contributed by atoms with Crippen molar-refractivity contribution in [3.63, 3.8) is 0 Å². The highest BCUT2D eigenvalue weighted by Crippen LogP contribution is 2.28. The summed E-state index contributed by atoms with van der Waals surface area (Å²) in [6, 6.07) is 18.2. The third kappa shape index (κ3) is 5.65. The molecule has 1 aliphatic rings. The number of benzene rings is 2. The van der Waals surface area contributed by atoms with Crippen LogP contribution in [0.2, 0.25) is 0 Å². The lowest BCUT2D eigenvalue weighted by molar-refractivity contribution is -0.130. The lowest BCUT2D eigenvalue weighted by Crippen LogP contribution is -2.51. The van der Waals surface area contributed by atoms with Crippen molar-refractivity contribution in [2.75, 3.05) is 26.8 Å². The van der Waals surface area contributed by atoms with E-state index in [9.17, 15) is 13.2 Å². The van der Waals surface area contributed by atoms with Crippen LogP contribution in [0.3, 0.4) is 0 Å². The number of nitrogens with one attached hydrogen (secondary N) is 1. The highest BCUT2D eigenvalue weighted by atomic mass is 32.2. The molecular formula is C22H28N2O4S. The minimum absolute atomic E-state index is 0.0482. The molecule has 0 aliphatic carbocycles. The molecule has 0 aromatic heterocycles. The van der Waals surface area contributed by atoms with E-state index in [1.54, 1.807) is 42.3 Å². The number of rotatable bonds is 9. The second kappa shape index (κ2) is 9.52. The van der Waals surface area contributed by atoms with Crippen molar-refractivity contribution < 1.29 is 17.9 Å². The topological polar surface area (TPSA) is 75.7 Å². The zero-order chi connectivity index (χ0) is 20.7. The standard InChI is InChI=1S/C22H28N2O4S/c1-28-17-15-22(23-29(26,27)20-10-6-3-7-11-20)14-16-24(18-22)21(25)13-12-19-8-4-2-5-9-19/h2-11,23H,12-18H2,1H3. The molecule has 1 aliphatic heterocycles. The Labute approximate surface area is 172 Å². The highest BCUT2D eigenvalue weighted by molar-refractivity contribution is 7.89. The number of nitrogens with zero attached hydrogens (tertiary/aromatic N) is 1. The van der Waals surface area contributed by atoms with Crippen molar-refractivity contribution in [2.24, 2.45) is 0 Å². The Hall–Kier alpha value is -2.22. The molecule has 2 aromatic rings. The van der Waals surface area contributed by atoms with Gasteiger partial charge in [0.05, 0.1) is 10.4 Å². The number of carbonyl (C=O) groups is 1. The van der Waals surface area contributed by atoms with Crippen LogP contribution in [0, 0.1) is 0 Å². The van der Waals surface area contributed by atoms with E-state index >= 15 is 0 Å². The van der Waals surface area contributed by atoms with Gasteiger partial charge in [0.15, 0.2) is 0 Å². The first-order valence-corrected chi connectivity index (χ1v) is 11.3. The van der Waals surface area contributed by atoms with Gasteiger partial charge in [-0.25, -0.2) is 13.1 Å². The maximum absolute atomic E-state index is 12.9. The molecule has 0 saturated carbocycles. The molecule has 1 saturated heterocycles. The quantitative estimate of drug-likeness (QED) is 0.682. The van der Waals surface area contributed by atoms with Crippen LogP contribution in [0.1, 0.15) is 24.8 Å². The van der Waals surface area contributed by atoms with Gasteiger partial charge in [-0.1, -0.05) is 48.5 Å². The molecule has 1 heterocycles. The summed E-state index contributed by atoms with van der Waals surface area (Å²) in [6.45, 7) is 1.31. The fourth-order valence-electron chi connectivity index (χ4n) is 3.72. The number of sulfonamides is 1. The van der Waals surface area contributed by atoms with Crippen LogP contribution < -0.4 is 4.72 Å². The van der Waals surface area contributed by atoms with Gasteiger partial charge < -0.3 is 9.64 Å². The molecular weight excluding hydrogens is 388 g/mol. The smallest absolute Gasteiger partial charge is 0.241 e. The SMILES string of the molecule is COCCC1(NS(=O)(=O)c2ccccc2)CCN(C(=O)CCc2ccccc2)C1. The normalized spacial score (nSPS) is 19.4. The summed E-state index contributed by atoms with van der Waals surface area (Å²) in [5, 5.41) is 0. The Kier molecular flexibility index (Phi) is 7.05. The summed E-state index contributed by atoms with van der Waals surface area (Å²) in [5.41, 5.74) is 0.406. The van der Waals surface area contributed by atoms with Gasteiger partial charge in [-0.3, -0.25) is 4.79 Å². The lowest BCUT2D eigenvalue weighted by atomic mass is 9.96. The second-order valence-electron chi connectivity index (χ2n) is 7.49. The van der Waals surface area contributed by atoms with E-state index in [-0.39, 0.29) is 10.8 Å². The first kappa shape index (κ1) is 21.5. The van der Waals surface area contributed by atoms with Gasteiger partial charge in [0.2, 0.25) is 15.9 Å². The van der Waals surface area contributed by atoms with E-state index in [1.807, 2.05) is 30.3 Å². The number of hydrogen-bond donors (Lipinski definition) is 1. The molecule has 0 spiro atoms. The summed E-state index contributed by atoms with van der Waals surface area (Å²) in [4.78, 5) is 14.7. The van der Waals surface area contributed by atoms with Crippen molar-refractivity contribution in [3.05, 3.63) is 66.2 Å². The van der Waals surface area contributed by atoms with Crippen molar-refractivity contribution in [1.82, 2.24) is 9.62 Å². The number of amides is 1. The van der Waals surface area contributed by atoms with E-state index in [0.717, 1.165) is 5.56 Å². The molecule has 2 aromatic carbocycles. The largest absolute Gasteiger partial charge is 0.385 e. The van der Waals surface area contributed by atoms with E-state index in [4.69, 9.17) is 4.74 Å². The maximum atomic E-state index is 12.9. The third-order valence-corrected chi connectivity index (χ3v) is 6.96. The molecule has 1 unspecified atom stereocenters. The zero-order valence-corrected chi connectivity index (χ0v) is 17.5. The van der Waals surface area contributed by atoms with E-state index in [0.29, 0.717) is 45.4 Å². The van der Waals surface area contributed by atoms with Gasteiger partial charge in [-0.2, -0.15) is 0 Å². The average Bonchev–Trinajstić information content (AvgIpc) is 3.15. The van der Waals surface area contributed by atoms with Crippen molar-refractivity contribution >= 4 is 15.9 Å². The van der Waals surface area contributed by atoms with Crippen LogP contribution >= 0.6 is 0 Å². The maximum Gasteiger partial charge on any atom is 0.241 e. The first-order chi connectivity index (χ1) is 13.9. The van der Waals surface area contributed by atoms with Crippen LogP contribution in [0.25, 0.3) is 0 Å². The van der Waals surface area contributed by atoms with E-state index in [2.05, 4.69) is 4.72 Å². The molecule has 1 amide bonds. The van der Waals surface area contributed by atoms with Crippen LogP contribution in [-0.2, 0) is 26.0 Å². The Morgan fingerprint density at radius 3 is 2.41 bits per heavy atom. The number of likely N-dealkylation sites (tertiary alicyclic amines) is 1. The molecule has 29 heavy (non-hydrogen) atoms. The van der Waals surface area contributed by atoms with Crippen LogP contribution in [0.4, 0.5) is 0 Å².